The predicted octanol–water partition coefficient (Wildman–Crippen LogP) is -0.148. The van der Waals surface area contributed by atoms with Crippen molar-refractivity contribution in [2.75, 3.05) is 13.2 Å². The Morgan fingerprint density at radius 3 is 2.19 bits per heavy atom. The second-order valence-corrected chi connectivity index (χ2v) is 8.43. The van der Waals surface area contributed by atoms with Gasteiger partial charge < -0.3 is 20.1 Å². The molecule has 2 saturated heterocycles. The summed E-state index contributed by atoms with van der Waals surface area (Å²) in [6.07, 6.45) is -5.39. The summed E-state index contributed by atoms with van der Waals surface area (Å²) in [5, 5.41) is 29.7. The number of amides is 3. The predicted molar refractivity (Wildman–Crippen MR) is 87.6 cm³/mol. The van der Waals surface area contributed by atoms with Crippen LogP contribution in [-0.4, -0.2) is 86.5 Å². The summed E-state index contributed by atoms with van der Waals surface area (Å²) in [4.78, 5) is 27.6. The highest BCUT2D eigenvalue weighted by molar-refractivity contribution is 6.04. The number of carbonyl (C=O) groups excluding carboxylic acids is 2. The monoisotopic (exact) mass is 374 g/mol. The summed E-state index contributed by atoms with van der Waals surface area (Å²) in [5.41, 5.74) is -4.20. The van der Waals surface area contributed by atoms with Crippen LogP contribution >= 0.6 is 0 Å². The Bertz CT molecular complexity index is 641. The largest absolute Gasteiger partial charge is 0.394 e. The average Bonchev–Trinajstić information content (AvgIpc) is 2.85. The van der Waals surface area contributed by atoms with Crippen molar-refractivity contribution < 1.29 is 34.0 Å². The first-order valence-corrected chi connectivity index (χ1v) is 8.85. The number of hydrogen-bond donors (Lipinski definition) is 3. The van der Waals surface area contributed by atoms with Crippen molar-refractivity contribution in [3.8, 4) is 0 Å². The summed E-state index contributed by atoms with van der Waals surface area (Å²) in [7, 11) is 0. The molecule has 3 N–H and O–H groups in total. The molecular formula is C17H27FN2O6. The van der Waals surface area contributed by atoms with Crippen LogP contribution in [0, 0.1) is 10.8 Å². The Morgan fingerprint density at radius 2 is 1.73 bits per heavy atom. The summed E-state index contributed by atoms with van der Waals surface area (Å²) < 4.78 is 21.6. The number of ether oxygens (including phenoxy) is 1. The van der Waals surface area contributed by atoms with E-state index in [-0.39, 0.29) is 6.54 Å². The van der Waals surface area contributed by atoms with Crippen molar-refractivity contribution in [3.63, 3.8) is 0 Å². The first-order chi connectivity index (χ1) is 11.9. The summed E-state index contributed by atoms with van der Waals surface area (Å²) in [6, 6.07) is -1.92. The first-order valence-electron chi connectivity index (χ1n) is 8.85. The van der Waals surface area contributed by atoms with Crippen molar-refractivity contribution in [3.05, 3.63) is 0 Å². The lowest BCUT2D eigenvalue weighted by Gasteiger charge is -2.72. The average molecular weight is 374 g/mol. The summed E-state index contributed by atoms with van der Waals surface area (Å²) >= 11 is 0. The maximum atomic E-state index is 16.1. The Kier molecular flexibility index (Phi) is 4.20. The number of aliphatic hydroxyl groups excluding tert-OH is 3. The number of fused-ring (bicyclic) bond motifs is 1. The van der Waals surface area contributed by atoms with Gasteiger partial charge in [0.05, 0.1) is 12.6 Å². The molecule has 0 radical (unpaired) electrons. The molecule has 0 aromatic carbocycles. The molecule has 1 saturated carbocycles. The normalized spacial score (nSPS) is 44.1. The third-order valence-corrected chi connectivity index (χ3v) is 6.97. The lowest BCUT2D eigenvalue weighted by atomic mass is 9.40. The molecule has 3 fully saturated rings. The number of nitrogens with zero attached hydrogens (tertiary/aromatic N) is 2. The number of rotatable bonds is 3. The molecule has 9 heteroatoms. The lowest BCUT2D eigenvalue weighted by Crippen LogP contribution is -2.88. The van der Waals surface area contributed by atoms with Gasteiger partial charge in [-0.3, -0.25) is 14.6 Å². The molecule has 2 heterocycles. The first kappa shape index (κ1) is 19.5. The molecule has 148 valence electrons. The molecule has 3 amide bonds. The molecule has 8 nitrogen and oxygen atoms in total. The molecule has 26 heavy (non-hydrogen) atoms. The van der Waals surface area contributed by atoms with E-state index in [0.29, 0.717) is 0 Å². The zero-order chi connectivity index (χ0) is 19.8. The fourth-order valence-electron chi connectivity index (χ4n) is 4.67. The number of hydrogen-bond acceptors (Lipinski definition) is 6. The van der Waals surface area contributed by atoms with E-state index >= 15 is 4.39 Å². The number of aliphatic hydroxyl groups is 3. The van der Waals surface area contributed by atoms with Crippen molar-refractivity contribution in [1.82, 2.24) is 9.80 Å². The van der Waals surface area contributed by atoms with E-state index < -0.39 is 65.6 Å². The van der Waals surface area contributed by atoms with Gasteiger partial charge in [-0.15, -0.1) is 0 Å². The standard InChI is InChI=1S/C17H27FN2O6/c1-6-19-13(24)17(18)12(15(2,3)16(17,4)5)20(14(19)25)11-10(23)9(22)8(7-21)26-11/h8-12,21-23H,6-7H2,1-5H3/t8-,9-,10-,11-,12+,17+/m1/s1. The zero-order valence-corrected chi connectivity index (χ0v) is 15.6. The molecule has 0 aromatic heterocycles. The van der Waals surface area contributed by atoms with Crippen LogP contribution in [-0.2, 0) is 9.53 Å². The van der Waals surface area contributed by atoms with Crippen LogP contribution in [0.2, 0.25) is 0 Å². The highest BCUT2D eigenvalue weighted by Crippen LogP contribution is 2.68. The van der Waals surface area contributed by atoms with Crippen LogP contribution in [0.4, 0.5) is 9.18 Å². The van der Waals surface area contributed by atoms with Gasteiger partial charge in [0.15, 0.2) is 6.23 Å². The lowest BCUT2D eigenvalue weighted by molar-refractivity contribution is -0.278. The molecule has 2 aliphatic heterocycles. The van der Waals surface area contributed by atoms with E-state index in [0.717, 1.165) is 9.80 Å². The quantitative estimate of drug-likeness (QED) is 0.634. The maximum Gasteiger partial charge on any atom is 0.329 e. The Morgan fingerprint density at radius 1 is 1.15 bits per heavy atom. The molecule has 3 rings (SSSR count). The third-order valence-electron chi connectivity index (χ3n) is 6.97. The van der Waals surface area contributed by atoms with Crippen LogP contribution in [0.15, 0.2) is 0 Å². The smallest absolute Gasteiger partial charge is 0.329 e. The minimum atomic E-state index is -2.34. The van der Waals surface area contributed by atoms with Gasteiger partial charge in [0, 0.05) is 12.0 Å². The Labute approximate surface area is 151 Å². The number of halogens is 1. The van der Waals surface area contributed by atoms with E-state index in [9.17, 15) is 24.9 Å². The van der Waals surface area contributed by atoms with Crippen LogP contribution in [0.5, 0.6) is 0 Å². The van der Waals surface area contributed by atoms with Gasteiger partial charge >= 0.3 is 6.03 Å². The molecule has 0 spiro atoms. The fraction of sp³-hybridized carbons (Fsp3) is 0.882. The van der Waals surface area contributed by atoms with E-state index in [1.54, 1.807) is 34.6 Å². The van der Waals surface area contributed by atoms with E-state index in [1.807, 2.05) is 0 Å². The molecule has 0 bridgehead atoms. The molecular weight excluding hydrogens is 347 g/mol. The van der Waals surface area contributed by atoms with Gasteiger partial charge in [-0.2, -0.15) is 0 Å². The van der Waals surface area contributed by atoms with Crippen LogP contribution in [0.25, 0.3) is 0 Å². The van der Waals surface area contributed by atoms with Crippen molar-refractivity contribution >= 4 is 11.9 Å². The minimum absolute atomic E-state index is 0.0299. The number of imide groups is 1. The summed E-state index contributed by atoms with van der Waals surface area (Å²) in [6.45, 7) is 7.76. The summed E-state index contributed by atoms with van der Waals surface area (Å²) in [5.74, 6) is -0.887. The van der Waals surface area contributed by atoms with Crippen molar-refractivity contribution in [2.24, 2.45) is 10.8 Å². The Balaban J connectivity index is 2.09. The van der Waals surface area contributed by atoms with Gasteiger partial charge in [0.1, 0.15) is 18.3 Å². The number of carbonyl (C=O) groups is 2. The molecule has 3 aliphatic rings. The second kappa shape index (κ2) is 5.60. The van der Waals surface area contributed by atoms with E-state index in [1.165, 1.54) is 0 Å². The second-order valence-electron chi connectivity index (χ2n) is 8.43. The van der Waals surface area contributed by atoms with Crippen LogP contribution in [0.3, 0.4) is 0 Å². The van der Waals surface area contributed by atoms with Crippen LogP contribution in [0.1, 0.15) is 34.6 Å². The fourth-order valence-corrected chi connectivity index (χ4v) is 4.67. The van der Waals surface area contributed by atoms with Gasteiger partial charge in [-0.25, -0.2) is 9.18 Å². The molecule has 6 atom stereocenters. The SMILES string of the molecule is CCN1C(=O)N([C@@H]2O[C@H](CO)[C@@H](O)[C@H]2O)[C@H]2C(C)(C)C(C)(C)[C@@]2(F)C1=O. The number of urea groups is 1. The van der Waals surface area contributed by atoms with Gasteiger partial charge in [-0.05, 0) is 12.3 Å². The molecule has 0 unspecified atom stereocenters. The van der Waals surface area contributed by atoms with Crippen molar-refractivity contribution in [1.29, 1.82) is 0 Å². The molecule has 0 aromatic rings. The van der Waals surface area contributed by atoms with E-state index in [4.69, 9.17) is 4.74 Å². The van der Waals surface area contributed by atoms with Crippen molar-refractivity contribution in [2.45, 2.75) is 70.9 Å². The van der Waals surface area contributed by atoms with E-state index in [2.05, 4.69) is 0 Å². The maximum absolute atomic E-state index is 16.1. The molecule has 1 aliphatic carbocycles. The zero-order valence-electron chi connectivity index (χ0n) is 15.6. The minimum Gasteiger partial charge on any atom is -0.394 e. The number of alkyl halides is 1. The highest BCUT2D eigenvalue weighted by atomic mass is 19.1. The topological polar surface area (TPSA) is 111 Å². The highest BCUT2D eigenvalue weighted by Gasteiger charge is 2.82. The van der Waals surface area contributed by atoms with Crippen LogP contribution < -0.4 is 0 Å². The van der Waals surface area contributed by atoms with Gasteiger partial charge in [0.2, 0.25) is 5.67 Å². The van der Waals surface area contributed by atoms with Gasteiger partial charge in [-0.1, -0.05) is 27.7 Å². The van der Waals surface area contributed by atoms with Gasteiger partial charge in [0.25, 0.3) is 5.91 Å². The third kappa shape index (κ3) is 1.92. The Hall–Kier alpha value is -1.29.